The third-order valence-electron chi connectivity index (χ3n) is 11.4. The van der Waals surface area contributed by atoms with Crippen LogP contribution in [0.3, 0.4) is 0 Å². The summed E-state index contributed by atoms with van der Waals surface area (Å²) in [4.78, 5) is 5.27. The monoisotopic (exact) mass is 709 g/mol. The van der Waals surface area contributed by atoms with Crippen LogP contribution >= 0.6 is 0 Å². The summed E-state index contributed by atoms with van der Waals surface area (Å²) in [6, 6.07) is 77.1. The van der Waals surface area contributed by atoms with E-state index in [0.717, 1.165) is 22.3 Å². The molecule has 0 amide bonds. The van der Waals surface area contributed by atoms with Crippen molar-refractivity contribution in [2.75, 3.05) is 0 Å². The molecule has 0 N–H and O–H groups in total. The van der Waals surface area contributed by atoms with Crippen LogP contribution in [0.1, 0.15) is 0 Å². The van der Waals surface area contributed by atoms with Crippen molar-refractivity contribution in [1.29, 1.82) is 0 Å². The first-order valence-corrected chi connectivity index (χ1v) is 19.3. The molecule has 1 heterocycles. The minimum absolute atomic E-state index is 0.967. The smallest absolute Gasteiger partial charge is 0.0722 e. The maximum Gasteiger partial charge on any atom is 0.0722 e. The van der Waals surface area contributed by atoms with Gasteiger partial charge in [0.2, 0.25) is 0 Å². The van der Waals surface area contributed by atoms with Gasteiger partial charge in [-0.15, -0.1) is 0 Å². The van der Waals surface area contributed by atoms with Gasteiger partial charge in [0.25, 0.3) is 0 Å². The van der Waals surface area contributed by atoms with Gasteiger partial charge in [0.1, 0.15) is 0 Å². The van der Waals surface area contributed by atoms with Crippen LogP contribution in [0.4, 0.5) is 0 Å². The Morgan fingerprint density at radius 2 is 0.786 bits per heavy atom. The third-order valence-corrected chi connectivity index (χ3v) is 11.4. The Morgan fingerprint density at radius 3 is 1.50 bits per heavy atom. The summed E-state index contributed by atoms with van der Waals surface area (Å²) in [6.07, 6.45) is 0. The second kappa shape index (κ2) is 13.2. The highest BCUT2D eigenvalue weighted by atomic mass is 14.7. The van der Waals surface area contributed by atoms with Gasteiger partial charge < -0.3 is 0 Å². The Balaban J connectivity index is 1.02. The maximum absolute atomic E-state index is 5.27. The van der Waals surface area contributed by atoms with Crippen molar-refractivity contribution in [3.8, 4) is 55.8 Å². The van der Waals surface area contributed by atoms with Gasteiger partial charge in [-0.05, 0) is 112 Å². The summed E-state index contributed by atoms with van der Waals surface area (Å²) in [6.45, 7) is 0. The zero-order valence-electron chi connectivity index (χ0n) is 30.7. The highest BCUT2D eigenvalue weighted by Gasteiger charge is 2.18. The largest absolute Gasteiger partial charge is 0.248 e. The molecule has 0 radical (unpaired) electrons. The molecule has 11 rings (SSSR count). The van der Waals surface area contributed by atoms with E-state index in [1.807, 2.05) is 0 Å². The fraction of sp³-hybridized carbons (Fsp3) is 0. The molecule has 0 saturated heterocycles. The molecule has 0 bridgehead atoms. The number of benzene rings is 10. The van der Waals surface area contributed by atoms with Crippen LogP contribution in [0.25, 0.3) is 110 Å². The van der Waals surface area contributed by atoms with Crippen molar-refractivity contribution in [2.45, 2.75) is 0 Å². The maximum atomic E-state index is 5.27. The van der Waals surface area contributed by atoms with E-state index in [-0.39, 0.29) is 0 Å². The molecule has 0 atom stereocenters. The molecule has 10 aromatic carbocycles. The molecule has 0 spiro atoms. The van der Waals surface area contributed by atoms with E-state index in [4.69, 9.17) is 4.98 Å². The van der Waals surface area contributed by atoms with Gasteiger partial charge >= 0.3 is 0 Å². The van der Waals surface area contributed by atoms with Crippen LogP contribution < -0.4 is 0 Å². The molecule has 56 heavy (non-hydrogen) atoms. The lowest BCUT2D eigenvalue weighted by Crippen LogP contribution is -1.92. The number of nitrogens with zero attached hydrogens (tertiary/aromatic N) is 1. The first-order valence-electron chi connectivity index (χ1n) is 19.3. The van der Waals surface area contributed by atoms with Gasteiger partial charge in [-0.2, -0.15) is 0 Å². The zero-order chi connectivity index (χ0) is 37.0. The minimum atomic E-state index is 0.967. The van der Waals surface area contributed by atoms with Crippen molar-refractivity contribution in [3.05, 3.63) is 212 Å². The van der Waals surface area contributed by atoms with Crippen molar-refractivity contribution < 1.29 is 0 Å². The van der Waals surface area contributed by atoms with Crippen LogP contribution in [0, 0.1) is 0 Å². The van der Waals surface area contributed by atoms with Gasteiger partial charge in [0.05, 0.1) is 11.2 Å². The Hall–Kier alpha value is -7.35. The number of hydrogen-bond donors (Lipinski definition) is 0. The molecule has 0 aliphatic carbocycles. The van der Waals surface area contributed by atoms with E-state index in [1.54, 1.807) is 0 Å². The molecular formula is C55H35N. The molecule has 1 aromatic heterocycles. The second-order valence-corrected chi connectivity index (χ2v) is 14.7. The minimum Gasteiger partial charge on any atom is -0.248 e. The lowest BCUT2D eigenvalue weighted by atomic mass is 9.85. The molecule has 260 valence electrons. The first kappa shape index (κ1) is 32.1. The van der Waals surface area contributed by atoms with Crippen LogP contribution in [-0.4, -0.2) is 4.98 Å². The lowest BCUT2D eigenvalue weighted by Gasteiger charge is -2.18. The fourth-order valence-corrected chi connectivity index (χ4v) is 8.78. The lowest BCUT2D eigenvalue weighted by molar-refractivity contribution is 1.40. The Morgan fingerprint density at radius 1 is 0.268 bits per heavy atom. The molecule has 0 saturated carbocycles. The average Bonchev–Trinajstić information content (AvgIpc) is 3.28. The van der Waals surface area contributed by atoms with E-state index in [1.165, 1.54) is 87.4 Å². The quantitative estimate of drug-likeness (QED) is 0.128. The van der Waals surface area contributed by atoms with E-state index in [2.05, 4.69) is 212 Å². The molecule has 1 heteroatoms. The van der Waals surface area contributed by atoms with Crippen molar-refractivity contribution in [2.24, 2.45) is 0 Å². The summed E-state index contributed by atoms with van der Waals surface area (Å²) >= 11 is 0. The number of fused-ring (bicyclic) bond motifs is 6. The van der Waals surface area contributed by atoms with Crippen molar-refractivity contribution >= 4 is 54.0 Å². The highest BCUT2D eigenvalue weighted by molar-refractivity contribution is 6.22. The molecule has 0 fully saturated rings. The molecule has 0 aliphatic rings. The number of aromatic nitrogens is 1. The van der Waals surface area contributed by atoms with Gasteiger partial charge in [0.15, 0.2) is 0 Å². The summed E-state index contributed by atoms with van der Waals surface area (Å²) in [7, 11) is 0. The van der Waals surface area contributed by atoms with Crippen LogP contribution in [0.2, 0.25) is 0 Å². The average molecular weight is 710 g/mol. The molecular weight excluding hydrogens is 675 g/mol. The number of pyridine rings is 1. The van der Waals surface area contributed by atoms with E-state index >= 15 is 0 Å². The normalized spacial score (nSPS) is 11.6. The van der Waals surface area contributed by atoms with Gasteiger partial charge in [-0.25, -0.2) is 4.98 Å². The van der Waals surface area contributed by atoms with Crippen LogP contribution in [-0.2, 0) is 0 Å². The zero-order valence-corrected chi connectivity index (χ0v) is 30.7. The van der Waals surface area contributed by atoms with E-state index in [0.29, 0.717) is 0 Å². The summed E-state index contributed by atoms with van der Waals surface area (Å²) in [5.74, 6) is 0. The van der Waals surface area contributed by atoms with Gasteiger partial charge in [-0.1, -0.05) is 188 Å². The molecule has 1 nitrogen and oxygen atoms in total. The van der Waals surface area contributed by atoms with E-state index < -0.39 is 0 Å². The topological polar surface area (TPSA) is 12.9 Å². The van der Waals surface area contributed by atoms with Crippen molar-refractivity contribution in [1.82, 2.24) is 4.98 Å². The highest BCUT2D eigenvalue weighted by Crippen LogP contribution is 2.45. The number of hydrogen-bond acceptors (Lipinski definition) is 1. The first-order chi connectivity index (χ1) is 27.8. The predicted octanol–water partition coefficient (Wildman–Crippen LogP) is 15.2. The fourth-order valence-electron chi connectivity index (χ4n) is 8.78. The second-order valence-electron chi connectivity index (χ2n) is 14.7. The Bertz CT molecular complexity index is 3230. The molecule has 11 aromatic rings. The van der Waals surface area contributed by atoms with Gasteiger partial charge in [-0.3, -0.25) is 0 Å². The molecule has 0 aliphatic heterocycles. The summed E-state index contributed by atoms with van der Waals surface area (Å²) in [5, 5.41) is 11.2. The molecule has 0 unspecified atom stereocenters. The van der Waals surface area contributed by atoms with Crippen molar-refractivity contribution in [3.63, 3.8) is 0 Å². The Labute approximate surface area is 325 Å². The Kier molecular flexibility index (Phi) is 7.57. The van der Waals surface area contributed by atoms with Crippen LogP contribution in [0.5, 0.6) is 0 Å². The van der Waals surface area contributed by atoms with Gasteiger partial charge in [0, 0.05) is 10.9 Å². The SMILES string of the molecule is c1ccc(-c2cc(-c3cccc(-c4ccc(-c5c6ccccc6c(-c6ccc7ccccc7c6)c6ccccc56)cc4)c3)nc3ccc4ccccc4c23)cc1. The predicted molar refractivity (Wildman–Crippen MR) is 239 cm³/mol. The van der Waals surface area contributed by atoms with Crippen LogP contribution in [0.15, 0.2) is 212 Å². The van der Waals surface area contributed by atoms with E-state index in [9.17, 15) is 0 Å². The summed E-state index contributed by atoms with van der Waals surface area (Å²) < 4.78 is 0. The third kappa shape index (κ3) is 5.36. The summed E-state index contributed by atoms with van der Waals surface area (Å²) in [5.41, 5.74) is 12.8. The number of rotatable bonds is 5. The standard InChI is InChI=1S/C55H35N/c1-2-14-38(15-3-1)50-35-52(56-51-32-31-39-16-6-7-20-45(39)55(50)51)43-19-12-18-42(33-43)37-25-28-40(29-26-37)53-46-21-8-10-23-48(46)54(49-24-11-9-22-47(49)53)44-30-27-36-13-4-5-17-41(36)34-44/h1-35H.